The number of thioether (sulfide) groups is 1. The molecule has 27 heavy (non-hydrogen) atoms. The molecule has 1 atom stereocenters. The Bertz CT molecular complexity index is 992. The molecule has 1 aliphatic rings. The summed E-state index contributed by atoms with van der Waals surface area (Å²) in [5, 5.41) is 3.50. The Kier molecular flexibility index (Phi) is 5.21. The molecule has 0 spiro atoms. The van der Waals surface area contributed by atoms with Gasteiger partial charge in [0, 0.05) is 4.88 Å². The summed E-state index contributed by atoms with van der Waals surface area (Å²) in [5.74, 6) is 0.233. The van der Waals surface area contributed by atoms with E-state index in [2.05, 4.69) is 17.2 Å². The number of thiazole rings is 1. The van der Waals surface area contributed by atoms with E-state index in [0.717, 1.165) is 39.4 Å². The van der Waals surface area contributed by atoms with Gasteiger partial charge in [-0.1, -0.05) is 30.8 Å². The summed E-state index contributed by atoms with van der Waals surface area (Å²) in [4.78, 5) is 30.1. The van der Waals surface area contributed by atoms with Crippen LogP contribution in [0.25, 0.3) is 10.2 Å². The zero-order valence-electron chi connectivity index (χ0n) is 14.8. The van der Waals surface area contributed by atoms with Crippen LogP contribution in [0.4, 0.5) is 5.00 Å². The molecule has 0 fully saturated rings. The van der Waals surface area contributed by atoms with E-state index < -0.39 is 5.91 Å². The zero-order chi connectivity index (χ0) is 19.0. The quantitative estimate of drug-likeness (QED) is 0.606. The summed E-state index contributed by atoms with van der Waals surface area (Å²) < 4.78 is 1.97. The average Bonchev–Trinajstić information content (AvgIpc) is 3.19. The van der Waals surface area contributed by atoms with Crippen LogP contribution in [0.15, 0.2) is 28.6 Å². The van der Waals surface area contributed by atoms with Crippen molar-refractivity contribution in [2.24, 2.45) is 11.7 Å². The number of amides is 2. The zero-order valence-corrected chi connectivity index (χ0v) is 17.2. The third kappa shape index (κ3) is 3.88. The van der Waals surface area contributed by atoms with Gasteiger partial charge in [0.05, 0.1) is 21.5 Å². The molecule has 3 N–H and O–H groups in total. The number of carbonyl (C=O) groups is 2. The summed E-state index contributed by atoms with van der Waals surface area (Å²) in [6.45, 7) is 2.21. The van der Waals surface area contributed by atoms with Crippen molar-refractivity contribution >= 4 is 61.5 Å². The van der Waals surface area contributed by atoms with Crippen LogP contribution in [0.2, 0.25) is 0 Å². The van der Waals surface area contributed by atoms with Crippen molar-refractivity contribution in [2.45, 2.75) is 30.5 Å². The maximum Gasteiger partial charge on any atom is 0.251 e. The molecule has 2 aromatic heterocycles. The van der Waals surface area contributed by atoms with Crippen LogP contribution < -0.4 is 11.1 Å². The van der Waals surface area contributed by atoms with E-state index in [-0.39, 0.29) is 11.7 Å². The second-order valence-corrected chi connectivity index (χ2v) is 10.1. The minimum atomic E-state index is -0.462. The fraction of sp³-hybridized carbons (Fsp3) is 0.316. The van der Waals surface area contributed by atoms with E-state index in [1.165, 1.54) is 28.0 Å². The Labute approximate surface area is 169 Å². The normalized spacial score (nSPS) is 16.3. The predicted octanol–water partition coefficient (Wildman–Crippen LogP) is 4.31. The van der Waals surface area contributed by atoms with E-state index in [1.807, 2.05) is 24.3 Å². The van der Waals surface area contributed by atoms with Crippen LogP contribution in [0.3, 0.4) is 0 Å². The van der Waals surface area contributed by atoms with E-state index in [9.17, 15) is 9.59 Å². The Hall–Kier alpha value is -1.90. The van der Waals surface area contributed by atoms with Gasteiger partial charge in [0.15, 0.2) is 4.34 Å². The topological polar surface area (TPSA) is 85.1 Å². The van der Waals surface area contributed by atoms with E-state index in [1.54, 1.807) is 11.3 Å². The minimum Gasteiger partial charge on any atom is -0.365 e. The molecule has 4 rings (SSSR count). The number of fused-ring (bicyclic) bond motifs is 2. The summed E-state index contributed by atoms with van der Waals surface area (Å²) >= 11 is 4.48. The van der Waals surface area contributed by atoms with Gasteiger partial charge in [-0.15, -0.1) is 22.7 Å². The van der Waals surface area contributed by atoms with Gasteiger partial charge in [0.2, 0.25) is 5.91 Å². The Balaban J connectivity index is 1.47. The number of aromatic nitrogens is 1. The highest BCUT2D eigenvalue weighted by molar-refractivity contribution is 8.01. The second-order valence-electron chi connectivity index (χ2n) is 6.70. The maximum atomic E-state index is 12.5. The highest BCUT2D eigenvalue weighted by Gasteiger charge is 2.27. The van der Waals surface area contributed by atoms with Gasteiger partial charge in [0.25, 0.3) is 5.91 Å². The first-order chi connectivity index (χ1) is 13.0. The lowest BCUT2D eigenvalue weighted by atomic mass is 9.88. The molecule has 2 heterocycles. The van der Waals surface area contributed by atoms with Crippen molar-refractivity contribution in [2.75, 3.05) is 11.1 Å². The first-order valence-electron chi connectivity index (χ1n) is 8.74. The highest BCUT2D eigenvalue weighted by atomic mass is 32.2. The summed E-state index contributed by atoms with van der Waals surface area (Å²) in [6.07, 6.45) is 2.84. The number of hydrogen-bond acceptors (Lipinski definition) is 6. The van der Waals surface area contributed by atoms with Crippen molar-refractivity contribution < 1.29 is 9.59 Å². The minimum absolute atomic E-state index is 0.145. The molecule has 3 aromatic rings. The highest BCUT2D eigenvalue weighted by Crippen LogP contribution is 2.39. The summed E-state index contributed by atoms with van der Waals surface area (Å²) in [7, 11) is 0. The number of hydrogen-bond donors (Lipinski definition) is 2. The van der Waals surface area contributed by atoms with Crippen LogP contribution in [0.1, 0.15) is 34.1 Å². The molecule has 0 saturated heterocycles. The number of nitrogens with two attached hydrogens (primary N) is 1. The lowest BCUT2D eigenvalue weighted by Gasteiger charge is -2.18. The molecule has 8 heteroatoms. The first-order valence-corrected chi connectivity index (χ1v) is 11.4. The smallest absolute Gasteiger partial charge is 0.251 e. The van der Waals surface area contributed by atoms with Crippen LogP contribution >= 0.6 is 34.4 Å². The molecule has 0 aliphatic heterocycles. The Morgan fingerprint density at radius 2 is 2.15 bits per heavy atom. The van der Waals surface area contributed by atoms with Crippen LogP contribution in [0.5, 0.6) is 0 Å². The van der Waals surface area contributed by atoms with Crippen LogP contribution in [-0.2, 0) is 17.6 Å². The van der Waals surface area contributed by atoms with Gasteiger partial charge < -0.3 is 11.1 Å². The van der Waals surface area contributed by atoms with Crippen molar-refractivity contribution in [3.05, 3.63) is 40.3 Å². The standard InChI is InChI=1S/C19H19N3O2S3/c1-10-6-7-11-14(8-10)26-18(16(11)17(20)24)22-15(23)9-25-19-21-12-4-2-3-5-13(12)27-19/h2-5,10H,6-9H2,1H3,(H2,20,24)(H,22,23)/t10-/m1/s1. The number of rotatable bonds is 5. The van der Waals surface area contributed by atoms with E-state index in [4.69, 9.17) is 5.73 Å². The predicted molar refractivity (Wildman–Crippen MR) is 113 cm³/mol. The molecule has 5 nitrogen and oxygen atoms in total. The van der Waals surface area contributed by atoms with Gasteiger partial charge >= 0.3 is 0 Å². The van der Waals surface area contributed by atoms with E-state index in [0.29, 0.717) is 16.5 Å². The second kappa shape index (κ2) is 7.61. The van der Waals surface area contributed by atoms with Crippen molar-refractivity contribution in [1.82, 2.24) is 4.98 Å². The Morgan fingerprint density at radius 3 is 2.93 bits per heavy atom. The average molecular weight is 418 g/mol. The molecule has 0 radical (unpaired) electrons. The third-order valence-electron chi connectivity index (χ3n) is 4.61. The number of carbonyl (C=O) groups excluding carboxylic acids is 2. The summed E-state index contributed by atoms with van der Waals surface area (Å²) in [5.41, 5.74) is 8.08. The summed E-state index contributed by atoms with van der Waals surface area (Å²) in [6, 6.07) is 7.92. The largest absolute Gasteiger partial charge is 0.365 e. The monoisotopic (exact) mass is 417 g/mol. The molecular formula is C19H19N3O2S3. The van der Waals surface area contributed by atoms with Gasteiger partial charge in [-0.3, -0.25) is 9.59 Å². The fourth-order valence-electron chi connectivity index (χ4n) is 3.30. The number of para-hydroxylation sites is 1. The number of nitrogens with zero attached hydrogens (tertiary/aromatic N) is 1. The molecule has 140 valence electrons. The SMILES string of the molecule is C[C@@H]1CCc2c(sc(NC(=O)CSc3nc4ccccc4s3)c2C(N)=O)C1. The van der Waals surface area contributed by atoms with Gasteiger partial charge in [-0.05, 0) is 42.9 Å². The van der Waals surface area contributed by atoms with Crippen LogP contribution in [0, 0.1) is 5.92 Å². The third-order valence-corrected chi connectivity index (χ3v) is 7.96. The molecule has 1 aromatic carbocycles. The Morgan fingerprint density at radius 1 is 1.33 bits per heavy atom. The van der Waals surface area contributed by atoms with Gasteiger partial charge in [-0.2, -0.15) is 0 Å². The first kappa shape index (κ1) is 18.5. The van der Waals surface area contributed by atoms with Gasteiger partial charge in [-0.25, -0.2) is 4.98 Å². The van der Waals surface area contributed by atoms with Crippen molar-refractivity contribution in [3.8, 4) is 0 Å². The molecule has 0 saturated carbocycles. The fourth-order valence-corrected chi connectivity index (χ4v) is 6.60. The lowest BCUT2D eigenvalue weighted by Crippen LogP contribution is -2.20. The lowest BCUT2D eigenvalue weighted by molar-refractivity contribution is -0.113. The maximum absolute atomic E-state index is 12.5. The molecular weight excluding hydrogens is 398 g/mol. The van der Waals surface area contributed by atoms with E-state index >= 15 is 0 Å². The number of benzene rings is 1. The van der Waals surface area contributed by atoms with Gasteiger partial charge in [0.1, 0.15) is 5.00 Å². The van der Waals surface area contributed by atoms with Crippen LogP contribution in [-0.4, -0.2) is 22.6 Å². The molecule has 2 amide bonds. The molecule has 0 unspecified atom stereocenters. The van der Waals surface area contributed by atoms with Crippen molar-refractivity contribution in [1.29, 1.82) is 0 Å². The number of thiophene rings is 1. The molecule has 0 bridgehead atoms. The van der Waals surface area contributed by atoms with Crippen molar-refractivity contribution in [3.63, 3.8) is 0 Å². The number of primary amides is 1. The number of nitrogens with one attached hydrogen (secondary N) is 1. The number of anilines is 1. The molecule has 1 aliphatic carbocycles.